The van der Waals surface area contributed by atoms with E-state index in [0.717, 1.165) is 38.0 Å². The molecule has 4 nitrogen and oxygen atoms in total. The van der Waals surface area contributed by atoms with Gasteiger partial charge >= 0.3 is 0 Å². The zero-order valence-corrected chi connectivity index (χ0v) is 11.7. The largest absolute Gasteiger partial charge is 0.396 e. The SMILES string of the molecule is C=C(C)CN(CC)C(=O)CN1CCCC(CO)C1. The van der Waals surface area contributed by atoms with Crippen LogP contribution in [0.5, 0.6) is 0 Å². The fourth-order valence-electron chi connectivity index (χ4n) is 2.44. The lowest BCUT2D eigenvalue weighted by atomic mass is 9.99. The Morgan fingerprint density at radius 2 is 2.28 bits per heavy atom. The maximum atomic E-state index is 12.2. The van der Waals surface area contributed by atoms with E-state index >= 15 is 0 Å². The zero-order chi connectivity index (χ0) is 13.5. The van der Waals surface area contributed by atoms with Gasteiger partial charge in [0.05, 0.1) is 6.54 Å². The molecule has 0 aromatic carbocycles. The molecule has 1 rings (SSSR count). The third-order valence-corrected chi connectivity index (χ3v) is 3.42. The first-order chi connectivity index (χ1) is 8.56. The van der Waals surface area contributed by atoms with Crippen LogP contribution >= 0.6 is 0 Å². The molecule has 0 saturated carbocycles. The minimum Gasteiger partial charge on any atom is -0.396 e. The lowest BCUT2D eigenvalue weighted by molar-refractivity contribution is -0.132. The van der Waals surface area contributed by atoms with Crippen LogP contribution in [-0.4, -0.2) is 60.1 Å². The Labute approximate surface area is 110 Å². The van der Waals surface area contributed by atoms with Crippen molar-refractivity contribution in [3.05, 3.63) is 12.2 Å². The van der Waals surface area contributed by atoms with Gasteiger partial charge in [-0.05, 0) is 39.2 Å². The second-order valence-corrected chi connectivity index (χ2v) is 5.29. The maximum absolute atomic E-state index is 12.2. The molecule has 1 aliphatic rings. The molecule has 0 spiro atoms. The average Bonchev–Trinajstić information content (AvgIpc) is 2.35. The molecule has 1 unspecified atom stereocenters. The summed E-state index contributed by atoms with van der Waals surface area (Å²) in [5, 5.41) is 9.18. The molecule has 0 aromatic rings. The summed E-state index contributed by atoms with van der Waals surface area (Å²) in [4.78, 5) is 16.2. The van der Waals surface area contributed by atoms with Crippen LogP contribution in [0.15, 0.2) is 12.2 Å². The van der Waals surface area contributed by atoms with Crippen LogP contribution in [0.25, 0.3) is 0 Å². The topological polar surface area (TPSA) is 43.8 Å². The molecule has 1 N–H and O–H groups in total. The van der Waals surface area contributed by atoms with Crippen LogP contribution in [0.2, 0.25) is 0 Å². The van der Waals surface area contributed by atoms with Crippen molar-refractivity contribution < 1.29 is 9.90 Å². The molecule has 1 atom stereocenters. The van der Waals surface area contributed by atoms with Crippen molar-refractivity contribution >= 4 is 5.91 Å². The molecule has 1 aliphatic heterocycles. The van der Waals surface area contributed by atoms with Crippen LogP contribution < -0.4 is 0 Å². The zero-order valence-electron chi connectivity index (χ0n) is 11.7. The summed E-state index contributed by atoms with van der Waals surface area (Å²) in [6, 6.07) is 0. The number of carbonyl (C=O) groups is 1. The van der Waals surface area contributed by atoms with Crippen molar-refractivity contribution in [2.24, 2.45) is 5.92 Å². The average molecular weight is 254 g/mol. The number of amides is 1. The first-order valence-corrected chi connectivity index (χ1v) is 6.82. The summed E-state index contributed by atoms with van der Waals surface area (Å²) in [5.41, 5.74) is 1.01. The quantitative estimate of drug-likeness (QED) is 0.722. The molecule has 104 valence electrons. The summed E-state index contributed by atoms with van der Waals surface area (Å²) in [6.07, 6.45) is 2.15. The lowest BCUT2D eigenvalue weighted by Gasteiger charge is -2.33. The Bertz CT molecular complexity index is 292. The number of aliphatic hydroxyl groups excluding tert-OH is 1. The third kappa shape index (κ3) is 4.78. The first-order valence-electron chi connectivity index (χ1n) is 6.82. The number of rotatable bonds is 6. The van der Waals surface area contributed by atoms with Gasteiger partial charge in [0, 0.05) is 26.2 Å². The van der Waals surface area contributed by atoms with Gasteiger partial charge in [-0.3, -0.25) is 9.69 Å². The van der Waals surface area contributed by atoms with E-state index in [1.807, 2.05) is 18.7 Å². The van der Waals surface area contributed by atoms with E-state index in [1.165, 1.54) is 0 Å². The molecule has 0 radical (unpaired) electrons. The molecule has 1 saturated heterocycles. The minimum atomic E-state index is 0.166. The Morgan fingerprint density at radius 3 is 2.83 bits per heavy atom. The van der Waals surface area contributed by atoms with E-state index in [2.05, 4.69) is 11.5 Å². The van der Waals surface area contributed by atoms with Crippen LogP contribution in [-0.2, 0) is 4.79 Å². The molecular formula is C14H26N2O2. The molecule has 1 fully saturated rings. The number of likely N-dealkylation sites (N-methyl/N-ethyl adjacent to an activating group) is 1. The number of nitrogens with zero attached hydrogens (tertiary/aromatic N) is 2. The van der Waals surface area contributed by atoms with Crippen molar-refractivity contribution in [1.29, 1.82) is 0 Å². The number of hydrogen-bond donors (Lipinski definition) is 1. The molecule has 1 amide bonds. The molecule has 1 heterocycles. The van der Waals surface area contributed by atoms with Gasteiger partial charge in [-0.1, -0.05) is 12.2 Å². The maximum Gasteiger partial charge on any atom is 0.237 e. The van der Waals surface area contributed by atoms with Crippen LogP contribution in [0.1, 0.15) is 26.7 Å². The van der Waals surface area contributed by atoms with Crippen molar-refractivity contribution in [2.45, 2.75) is 26.7 Å². The first kappa shape index (κ1) is 15.2. The van der Waals surface area contributed by atoms with Gasteiger partial charge in [0.15, 0.2) is 0 Å². The van der Waals surface area contributed by atoms with E-state index in [4.69, 9.17) is 0 Å². The standard InChI is InChI=1S/C14H26N2O2/c1-4-16(8-12(2)3)14(18)10-15-7-5-6-13(9-15)11-17/h13,17H,2,4-11H2,1,3H3. The summed E-state index contributed by atoms with van der Waals surface area (Å²) in [5.74, 6) is 0.502. The van der Waals surface area contributed by atoms with Gasteiger partial charge in [-0.15, -0.1) is 0 Å². The predicted octanol–water partition coefficient (Wildman–Crippen LogP) is 1.12. The van der Waals surface area contributed by atoms with E-state index in [9.17, 15) is 9.90 Å². The van der Waals surface area contributed by atoms with E-state index in [-0.39, 0.29) is 12.5 Å². The summed E-state index contributed by atoms with van der Waals surface area (Å²) in [6.45, 7) is 11.7. The Balaban J connectivity index is 2.44. The highest BCUT2D eigenvalue weighted by molar-refractivity contribution is 5.78. The number of piperidine rings is 1. The highest BCUT2D eigenvalue weighted by Crippen LogP contribution is 2.15. The smallest absolute Gasteiger partial charge is 0.237 e. The van der Waals surface area contributed by atoms with Crippen molar-refractivity contribution in [3.63, 3.8) is 0 Å². The number of hydrogen-bond acceptors (Lipinski definition) is 3. The second kappa shape index (κ2) is 7.54. The summed E-state index contributed by atoms with van der Waals surface area (Å²) >= 11 is 0. The molecule has 18 heavy (non-hydrogen) atoms. The Morgan fingerprint density at radius 1 is 1.56 bits per heavy atom. The minimum absolute atomic E-state index is 0.166. The molecule has 0 aromatic heterocycles. The highest BCUT2D eigenvalue weighted by atomic mass is 16.3. The van der Waals surface area contributed by atoms with Gasteiger partial charge in [0.2, 0.25) is 5.91 Å². The normalized spacial score (nSPS) is 20.7. The van der Waals surface area contributed by atoms with Gasteiger partial charge in [0.25, 0.3) is 0 Å². The molecular weight excluding hydrogens is 228 g/mol. The molecule has 0 bridgehead atoms. The third-order valence-electron chi connectivity index (χ3n) is 3.42. The number of likely N-dealkylation sites (tertiary alicyclic amines) is 1. The van der Waals surface area contributed by atoms with Crippen molar-refractivity contribution in [1.82, 2.24) is 9.80 Å². The molecule has 0 aliphatic carbocycles. The predicted molar refractivity (Wildman–Crippen MR) is 73.3 cm³/mol. The summed E-state index contributed by atoms with van der Waals surface area (Å²) in [7, 11) is 0. The van der Waals surface area contributed by atoms with Crippen LogP contribution in [0.3, 0.4) is 0 Å². The van der Waals surface area contributed by atoms with Crippen LogP contribution in [0.4, 0.5) is 0 Å². The van der Waals surface area contributed by atoms with Gasteiger partial charge in [-0.2, -0.15) is 0 Å². The second-order valence-electron chi connectivity index (χ2n) is 5.29. The Kier molecular flexibility index (Phi) is 6.36. The molecule has 4 heteroatoms. The number of aliphatic hydroxyl groups is 1. The fourth-order valence-corrected chi connectivity index (χ4v) is 2.44. The highest BCUT2D eigenvalue weighted by Gasteiger charge is 2.22. The van der Waals surface area contributed by atoms with Gasteiger partial charge in [-0.25, -0.2) is 0 Å². The Hall–Kier alpha value is -0.870. The fraction of sp³-hybridized carbons (Fsp3) is 0.786. The van der Waals surface area contributed by atoms with Crippen LogP contribution in [0, 0.1) is 5.92 Å². The van der Waals surface area contributed by atoms with E-state index < -0.39 is 0 Å². The lowest BCUT2D eigenvalue weighted by Crippen LogP contribution is -2.45. The summed E-state index contributed by atoms with van der Waals surface area (Å²) < 4.78 is 0. The van der Waals surface area contributed by atoms with Crippen molar-refractivity contribution in [3.8, 4) is 0 Å². The van der Waals surface area contributed by atoms with Crippen molar-refractivity contribution in [2.75, 3.05) is 39.3 Å². The van der Waals surface area contributed by atoms with Gasteiger partial charge < -0.3 is 10.0 Å². The van der Waals surface area contributed by atoms with E-state index in [1.54, 1.807) is 0 Å². The number of carbonyl (C=O) groups excluding carboxylic acids is 1. The van der Waals surface area contributed by atoms with Gasteiger partial charge in [0.1, 0.15) is 0 Å². The van der Waals surface area contributed by atoms with E-state index in [0.29, 0.717) is 19.0 Å². The monoisotopic (exact) mass is 254 g/mol.